The normalized spacial score (nSPS) is 23.8. The van der Waals surface area contributed by atoms with Crippen molar-refractivity contribution in [2.24, 2.45) is 5.92 Å². The smallest absolute Gasteiger partial charge is 0.226 e. The van der Waals surface area contributed by atoms with Gasteiger partial charge >= 0.3 is 0 Å². The minimum Gasteiger partial charge on any atom is -0.356 e. The summed E-state index contributed by atoms with van der Waals surface area (Å²) in [5.41, 5.74) is 2.47. The molecule has 1 aromatic heterocycles. The van der Waals surface area contributed by atoms with Gasteiger partial charge in [0.1, 0.15) is 0 Å². The molecule has 1 atom stereocenters. The van der Waals surface area contributed by atoms with E-state index >= 15 is 0 Å². The number of amides is 2. The van der Waals surface area contributed by atoms with Crippen LogP contribution in [0.2, 0.25) is 0 Å². The minimum absolute atomic E-state index is 0.00773. The maximum absolute atomic E-state index is 12.6. The first-order chi connectivity index (χ1) is 11.7. The lowest BCUT2D eigenvalue weighted by Gasteiger charge is -2.37. The third-order valence-electron chi connectivity index (χ3n) is 5.32. The Labute approximate surface area is 141 Å². The first kappa shape index (κ1) is 15.4. The van der Waals surface area contributed by atoms with E-state index in [0.717, 1.165) is 43.9 Å². The van der Waals surface area contributed by atoms with Gasteiger partial charge in [0, 0.05) is 45.1 Å². The molecule has 1 aromatic rings. The second kappa shape index (κ2) is 6.37. The molecule has 7 heteroatoms. The van der Waals surface area contributed by atoms with Crippen LogP contribution in [-0.4, -0.2) is 59.6 Å². The summed E-state index contributed by atoms with van der Waals surface area (Å²) in [5.74, 6) is 0.904. The molecule has 2 fully saturated rings. The SMILES string of the molecule is O=C1CC(C(=O)N2CCN(c3cc4c(nn3)CCC4)CC2)CCN1. The van der Waals surface area contributed by atoms with E-state index in [1.54, 1.807) is 0 Å². The fourth-order valence-corrected chi connectivity index (χ4v) is 3.88. The third-order valence-corrected chi connectivity index (χ3v) is 5.32. The molecule has 0 bridgehead atoms. The molecule has 4 rings (SSSR count). The second-order valence-electron chi connectivity index (χ2n) is 6.88. The number of carbonyl (C=O) groups excluding carboxylic acids is 2. The molecule has 2 aliphatic heterocycles. The van der Waals surface area contributed by atoms with E-state index < -0.39 is 0 Å². The maximum atomic E-state index is 12.6. The summed E-state index contributed by atoms with van der Waals surface area (Å²) < 4.78 is 0. The summed E-state index contributed by atoms with van der Waals surface area (Å²) in [5, 5.41) is 11.5. The Bertz CT molecular complexity index is 654. The van der Waals surface area contributed by atoms with Gasteiger partial charge in [0.15, 0.2) is 5.82 Å². The van der Waals surface area contributed by atoms with Gasteiger partial charge in [0.25, 0.3) is 0 Å². The molecule has 3 aliphatic rings. The summed E-state index contributed by atoms with van der Waals surface area (Å²) in [6, 6.07) is 2.16. The summed E-state index contributed by atoms with van der Waals surface area (Å²) in [6.45, 7) is 3.54. The van der Waals surface area contributed by atoms with E-state index in [4.69, 9.17) is 0 Å². The van der Waals surface area contributed by atoms with E-state index in [-0.39, 0.29) is 17.7 Å². The molecule has 0 radical (unpaired) electrons. The van der Waals surface area contributed by atoms with Crippen molar-refractivity contribution in [3.63, 3.8) is 0 Å². The number of aryl methyl sites for hydroxylation is 2. The van der Waals surface area contributed by atoms with Gasteiger partial charge in [0.2, 0.25) is 11.8 Å². The van der Waals surface area contributed by atoms with Crippen molar-refractivity contribution in [2.45, 2.75) is 32.1 Å². The van der Waals surface area contributed by atoms with Crippen LogP contribution in [0.4, 0.5) is 5.82 Å². The number of rotatable bonds is 2. The first-order valence-electron chi connectivity index (χ1n) is 8.86. The van der Waals surface area contributed by atoms with E-state index in [0.29, 0.717) is 26.1 Å². The number of hydrogen-bond donors (Lipinski definition) is 1. The third kappa shape index (κ3) is 2.95. The molecule has 0 aromatic carbocycles. The van der Waals surface area contributed by atoms with Gasteiger partial charge < -0.3 is 15.1 Å². The molecule has 128 valence electrons. The van der Waals surface area contributed by atoms with Crippen molar-refractivity contribution >= 4 is 17.6 Å². The number of piperazine rings is 1. The zero-order chi connectivity index (χ0) is 16.5. The Morgan fingerprint density at radius 1 is 1.17 bits per heavy atom. The van der Waals surface area contributed by atoms with Crippen LogP contribution in [0.15, 0.2) is 6.07 Å². The highest BCUT2D eigenvalue weighted by atomic mass is 16.2. The molecular formula is C17H23N5O2. The molecule has 0 saturated carbocycles. The number of piperidine rings is 1. The summed E-state index contributed by atoms with van der Waals surface area (Å²) in [6.07, 6.45) is 4.39. The quantitative estimate of drug-likeness (QED) is 0.835. The topological polar surface area (TPSA) is 78.4 Å². The van der Waals surface area contributed by atoms with Crippen molar-refractivity contribution in [3.05, 3.63) is 17.3 Å². The van der Waals surface area contributed by atoms with Gasteiger partial charge in [-0.25, -0.2) is 0 Å². The van der Waals surface area contributed by atoms with Crippen molar-refractivity contribution in [2.75, 3.05) is 37.6 Å². The zero-order valence-corrected chi connectivity index (χ0v) is 13.8. The van der Waals surface area contributed by atoms with E-state index in [1.807, 2.05) is 4.90 Å². The van der Waals surface area contributed by atoms with Crippen LogP contribution in [0.3, 0.4) is 0 Å². The van der Waals surface area contributed by atoms with Gasteiger partial charge in [-0.1, -0.05) is 0 Å². The van der Waals surface area contributed by atoms with Crippen molar-refractivity contribution < 1.29 is 9.59 Å². The fraction of sp³-hybridized carbons (Fsp3) is 0.647. The minimum atomic E-state index is -0.148. The van der Waals surface area contributed by atoms with Crippen molar-refractivity contribution in [1.29, 1.82) is 0 Å². The van der Waals surface area contributed by atoms with Crippen LogP contribution >= 0.6 is 0 Å². The van der Waals surface area contributed by atoms with E-state index in [9.17, 15) is 9.59 Å². The number of anilines is 1. The standard InChI is InChI=1S/C17H23N5O2/c23-16-11-13(4-5-18-16)17(24)22-8-6-21(7-9-22)15-10-12-2-1-3-14(12)19-20-15/h10,13H,1-9,11H2,(H,18,23). The number of fused-ring (bicyclic) bond motifs is 1. The molecule has 2 saturated heterocycles. The Hall–Kier alpha value is -2.18. The van der Waals surface area contributed by atoms with Crippen LogP contribution in [0.5, 0.6) is 0 Å². The lowest BCUT2D eigenvalue weighted by Crippen LogP contribution is -2.52. The average molecular weight is 329 g/mol. The van der Waals surface area contributed by atoms with Gasteiger partial charge in [-0.15, -0.1) is 5.10 Å². The summed E-state index contributed by atoms with van der Waals surface area (Å²) in [7, 11) is 0. The van der Waals surface area contributed by atoms with Gasteiger partial charge in [0.05, 0.1) is 5.69 Å². The molecule has 24 heavy (non-hydrogen) atoms. The predicted molar refractivity (Wildman–Crippen MR) is 88.6 cm³/mol. The van der Waals surface area contributed by atoms with Gasteiger partial charge in [-0.2, -0.15) is 5.10 Å². The lowest BCUT2D eigenvalue weighted by molar-refractivity contribution is -0.140. The highest BCUT2D eigenvalue weighted by Gasteiger charge is 2.31. The maximum Gasteiger partial charge on any atom is 0.226 e. The number of hydrogen-bond acceptors (Lipinski definition) is 5. The number of nitrogens with zero attached hydrogens (tertiary/aromatic N) is 4. The van der Waals surface area contributed by atoms with E-state index in [2.05, 4.69) is 26.5 Å². The predicted octanol–water partition coefficient (Wildman–Crippen LogP) is 0.140. The first-order valence-corrected chi connectivity index (χ1v) is 8.86. The molecule has 7 nitrogen and oxygen atoms in total. The Morgan fingerprint density at radius 3 is 2.79 bits per heavy atom. The average Bonchev–Trinajstić information content (AvgIpc) is 3.09. The van der Waals surface area contributed by atoms with Crippen LogP contribution in [0, 0.1) is 5.92 Å². The monoisotopic (exact) mass is 329 g/mol. The molecular weight excluding hydrogens is 306 g/mol. The lowest BCUT2D eigenvalue weighted by atomic mass is 9.95. The summed E-state index contributed by atoms with van der Waals surface area (Å²) >= 11 is 0. The molecule has 0 spiro atoms. The second-order valence-corrected chi connectivity index (χ2v) is 6.88. The largest absolute Gasteiger partial charge is 0.356 e. The van der Waals surface area contributed by atoms with Gasteiger partial charge in [-0.3, -0.25) is 9.59 Å². The van der Waals surface area contributed by atoms with Crippen molar-refractivity contribution in [1.82, 2.24) is 20.4 Å². The van der Waals surface area contributed by atoms with E-state index in [1.165, 1.54) is 12.0 Å². The molecule has 3 heterocycles. The number of carbonyl (C=O) groups is 2. The fourth-order valence-electron chi connectivity index (χ4n) is 3.88. The molecule has 1 aliphatic carbocycles. The van der Waals surface area contributed by atoms with Crippen LogP contribution in [-0.2, 0) is 22.4 Å². The van der Waals surface area contributed by atoms with Crippen LogP contribution in [0.25, 0.3) is 0 Å². The van der Waals surface area contributed by atoms with Crippen LogP contribution < -0.4 is 10.2 Å². The Morgan fingerprint density at radius 2 is 2.00 bits per heavy atom. The van der Waals surface area contributed by atoms with Crippen molar-refractivity contribution in [3.8, 4) is 0 Å². The van der Waals surface area contributed by atoms with Crippen LogP contribution in [0.1, 0.15) is 30.5 Å². The molecule has 2 amide bonds. The number of aromatic nitrogens is 2. The zero-order valence-electron chi connectivity index (χ0n) is 13.8. The molecule has 1 unspecified atom stereocenters. The number of nitrogens with one attached hydrogen (secondary N) is 1. The summed E-state index contributed by atoms with van der Waals surface area (Å²) in [4.78, 5) is 28.2. The molecule has 1 N–H and O–H groups in total. The Balaban J connectivity index is 1.36. The highest BCUT2D eigenvalue weighted by molar-refractivity contribution is 5.87. The highest BCUT2D eigenvalue weighted by Crippen LogP contribution is 2.24. The van der Waals surface area contributed by atoms with Gasteiger partial charge in [-0.05, 0) is 37.3 Å². The Kier molecular flexibility index (Phi) is 4.08.